The van der Waals surface area contributed by atoms with Crippen LogP contribution in [-0.2, 0) is 4.79 Å². The highest BCUT2D eigenvalue weighted by Gasteiger charge is 2.06. The second-order valence-electron chi connectivity index (χ2n) is 4.92. The van der Waals surface area contributed by atoms with E-state index >= 15 is 0 Å². The number of Topliss-reactive ketones (excluding diaryl/α,β-unsaturated/α-hetero) is 1. The lowest BCUT2D eigenvalue weighted by Crippen LogP contribution is -2.03. The molecule has 2 aromatic carbocycles. The van der Waals surface area contributed by atoms with Crippen molar-refractivity contribution in [2.45, 2.75) is 19.3 Å². The summed E-state index contributed by atoms with van der Waals surface area (Å²) in [5.74, 6) is 1.63. The van der Waals surface area contributed by atoms with Gasteiger partial charge in [-0.15, -0.1) is 0 Å². The van der Waals surface area contributed by atoms with Crippen LogP contribution in [0.4, 0.5) is 0 Å². The van der Waals surface area contributed by atoms with Crippen LogP contribution in [0.5, 0.6) is 0 Å². The van der Waals surface area contributed by atoms with Crippen molar-refractivity contribution in [2.24, 2.45) is 0 Å². The molecule has 0 aromatic heterocycles. The van der Waals surface area contributed by atoms with Crippen molar-refractivity contribution >= 4 is 34.6 Å². The van der Waals surface area contributed by atoms with Crippen LogP contribution < -0.4 is 5.48 Å². The van der Waals surface area contributed by atoms with E-state index in [1.54, 1.807) is 17.2 Å². The Morgan fingerprint density at radius 2 is 1.87 bits per heavy atom. The summed E-state index contributed by atoms with van der Waals surface area (Å²) in [5, 5.41) is 9.58. The number of fused-ring (bicyclic) bond motifs is 1. The van der Waals surface area contributed by atoms with Crippen LogP contribution >= 0.6 is 11.8 Å². The zero-order valence-corrected chi connectivity index (χ0v) is 14.1. The minimum Gasteiger partial charge on any atom is -0.317 e. The molecule has 2 rings (SSSR count). The first-order valence-corrected chi connectivity index (χ1v) is 8.72. The van der Waals surface area contributed by atoms with Crippen LogP contribution in [0, 0.1) is 0 Å². The second-order valence-corrected chi connectivity index (χ2v) is 6.03. The molecule has 124 valence electrons. The van der Waals surface area contributed by atoms with E-state index in [1.165, 1.54) is 7.05 Å². The highest BCUT2D eigenvalue weighted by molar-refractivity contribution is 7.99. The third-order valence-corrected chi connectivity index (χ3v) is 4.21. The molecule has 5 heteroatoms. The van der Waals surface area contributed by atoms with Gasteiger partial charge in [-0.1, -0.05) is 36.4 Å². The van der Waals surface area contributed by atoms with Gasteiger partial charge in [0.25, 0.3) is 0 Å². The molecule has 0 aliphatic heterocycles. The van der Waals surface area contributed by atoms with E-state index in [4.69, 9.17) is 5.21 Å². The molecule has 0 radical (unpaired) electrons. The number of aldehydes is 1. The highest BCUT2D eigenvalue weighted by Crippen LogP contribution is 2.17. The number of rotatable bonds is 8. The van der Waals surface area contributed by atoms with Gasteiger partial charge in [-0.25, -0.2) is 5.48 Å². The number of carbonyl (C=O) groups excluding carboxylic acids is 2. The minimum atomic E-state index is 0.177. The lowest BCUT2D eigenvalue weighted by molar-refractivity contribution is -0.107. The quantitative estimate of drug-likeness (QED) is 0.333. The molecule has 2 aromatic rings. The lowest BCUT2D eigenvalue weighted by Gasteiger charge is -2.03. The Kier molecular flexibility index (Phi) is 9.95. The van der Waals surface area contributed by atoms with Crippen molar-refractivity contribution in [3.8, 4) is 0 Å². The van der Waals surface area contributed by atoms with Gasteiger partial charge < -0.3 is 10.0 Å². The predicted molar refractivity (Wildman–Crippen MR) is 96.4 cm³/mol. The molecule has 0 atom stereocenters. The van der Waals surface area contributed by atoms with Crippen molar-refractivity contribution in [2.75, 3.05) is 18.6 Å². The second kappa shape index (κ2) is 11.8. The smallest absolute Gasteiger partial charge is 0.172 e. The molecule has 0 saturated carbocycles. The molecule has 0 spiro atoms. The fourth-order valence-corrected chi connectivity index (χ4v) is 2.95. The largest absolute Gasteiger partial charge is 0.317 e. The van der Waals surface area contributed by atoms with Crippen molar-refractivity contribution in [3.63, 3.8) is 0 Å². The van der Waals surface area contributed by atoms with Crippen molar-refractivity contribution < 1.29 is 14.8 Å². The highest BCUT2D eigenvalue weighted by atomic mass is 32.2. The third kappa shape index (κ3) is 7.41. The van der Waals surface area contributed by atoms with Crippen LogP contribution in [0.2, 0.25) is 0 Å². The van der Waals surface area contributed by atoms with Crippen molar-refractivity contribution in [1.82, 2.24) is 5.48 Å². The molecule has 23 heavy (non-hydrogen) atoms. The summed E-state index contributed by atoms with van der Waals surface area (Å²) in [7, 11) is 1.43. The van der Waals surface area contributed by atoms with Gasteiger partial charge in [0.15, 0.2) is 5.78 Å². The van der Waals surface area contributed by atoms with Gasteiger partial charge in [0, 0.05) is 19.0 Å². The maximum atomic E-state index is 12.1. The molecule has 0 heterocycles. The van der Waals surface area contributed by atoms with Crippen LogP contribution in [0.1, 0.15) is 29.6 Å². The van der Waals surface area contributed by atoms with E-state index < -0.39 is 0 Å². The Labute approximate surface area is 141 Å². The number of thioether (sulfide) groups is 1. The molecular formula is C18H23NO3S. The summed E-state index contributed by atoms with van der Waals surface area (Å²) in [6.07, 6.45) is 3.49. The zero-order chi connectivity index (χ0) is 16.9. The maximum absolute atomic E-state index is 12.1. The molecule has 0 aliphatic rings. The molecule has 0 bridgehead atoms. The van der Waals surface area contributed by atoms with Crippen LogP contribution in [0.15, 0.2) is 42.5 Å². The van der Waals surface area contributed by atoms with E-state index in [-0.39, 0.29) is 5.78 Å². The first-order valence-electron chi connectivity index (χ1n) is 7.57. The molecular weight excluding hydrogens is 310 g/mol. The fraction of sp³-hybridized carbons (Fsp3) is 0.333. The minimum absolute atomic E-state index is 0.177. The van der Waals surface area contributed by atoms with E-state index in [9.17, 15) is 9.59 Å². The molecule has 4 nitrogen and oxygen atoms in total. The summed E-state index contributed by atoms with van der Waals surface area (Å²) in [6.45, 7) is 0. The van der Waals surface area contributed by atoms with Crippen molar-refractivity contribution in [3.05, 3.63) is 48.0 Å². The van der Waals surface area contributed by atoms with E-state index in [0.29, 0.717) is 12.2 Å². The van der Waals surface area contributed by atoms with Gasteiger partial charge in [0.05, 0.1) is 5.75 Å². The average molecular weight is 333 g/mol. The molecule has 0 saturated heterocycles. The van der Waals surface area contributed by atoms with Gasteiger partial charge in [0.2, 0.25) is 0 Å². The maximum Gasteiger partial charge on any atom is 0.172 e. The summed E-state index contributed by atoms with van der Waals surface area (Å²) >= 11 is 1.65. The molecule has 0 amide bonds. The Balaban J connectivity index is 0.000000816. The Bertz CT molecular complexity index is 616. The van der Waals surface area contributed by atoms with Gasteiger partial charge in [-0.3, -0.25) is 4.79 Å². The van der Waals surface area contributed by atoms with E-state index in [0.717, 1.165) is 41.2 Å². The van der Waals surface area contributed by atoms with E-state index in [2.05, 4.69) is 0 Å². The van der Waals surface area contributed by atoms with E-state index in [1.807, 2.05) is 42.5 Å². The average Bonchev–Trinajstić information content (AvgIpc) is 2.58. The van der Waals surface area contributed by atoms with Gasteiger partial charge in [-0.2, -0.15) is 11.8 Å². The van der Waals surface area contributed by atoms with Gasteiger partial charge in [0.1, 0.15) is 6.29 Å². The summed E-state index contributed by atoms with van der Waals surface area (Å²) in [4.78, 5) is 22.3. The number of unbranched alkanes of at least 4 members (excludes halogenated alkanes) is 2. The number of nitrogens with one attached hydrogen (secondary N) is 1. The van der Waals surface area contributed by atoms with Gasteiger partial charge in [-0.05, 0) is 35.4 Å². The SMILES string of the molecule is CNO.O=CCCCCSCC(=O)c1ccc2ccccc2c1. The number of ketones is 1. The number of hydroxylamine groups is 1. The topological polar surface area (TPSA) is 66.4 Å². The standard InChI is InChI=1S/C17H18O2S.CH5NO/c18-10-4-1-5-11-20-13-17(19)16-9-8-14-6-2-3-7-15(14)12-16;1-2-3/h2-3,6-10,12H,1,4-5,11,13H2;2-3H,1H3. The lowest BCUT2D eigenvalue weighted by atomic mass is 10.1. The third-order valence-electron chi connectivity index (χ3n) is 3.17. The molecule has 0 aliphatic carbocycles. The van der Waals surface area contributed by atoms with Crippen LogP contribution in [-0.4, -0.2) is 35.8 Å². The van der Waals surface area contributed by atoms with Crippen molar-refractivity contribution in [1.29, 1.82) is 0 Å². The number of hydrogen-bond donors (Lipinski definition) is 2. The summed E-state index contributed by atoms with van der Waals surface area (Å²) < 4.78 is 0. The normalized spacial score (nSPS) is 10.0. The molecule has 0 fully saturated rings. The summed E-state index contributed by atoms with van der Waals surface area (Å²) in [5.41, 5.74) is 2.53. The Morgan fingerprint density at radius 1 is 1.17 bits per heavy atom. The summed E-state index contributed by atoms with van der Waals surface area (Å²) in [6, 6.07) is 13.9. The van der Waals surface area contributed by atoms with Gasteiger partial charge >= 0.3 is 0 Å². The zero-order valence-electron chi connectivity index (χ0n) is 13.3. The first kappa shape index (κ1) is 19.4. The molecule has 0 unspecified atom stereocenters. The number of carbonyl (C=O) groups is 2. The monoisotopic (exact) mass is 333 g/mol. The first-order chi connectivity index (χ1) is 11.2. The Morgan fingerprint density at radius 3 is 2.57 bits per heavy atom. The Hall–Kier alpha value is -1.69. The van der Waals surface area contributed by atoms with Crippen LogP contribution in [0.25, 0.3) is 10.8 Å². The number of benzene rings is 2. The predicted octanol–water partition coefficient (Wildman–Crippen LogP) is 3.72. The van der Waals surface area contributed by atoms with Crippen LogP contribution in [0.3, 0.4) is 0 Å². The number of hydrogen-bond acceptors (Lipinski definition) is 5. The fourth-order valence-electron chi connectivity index (χ4n) is 2.04. The molecule has 2 N–H and O–H groups in total.